The van der Waals surface area contributed by atoms with Crippen molar-refractivity contribution in [3.63, 3.8) is 0 Å². The lowest BCUT2D eigenvalue weighted by Crippen LogP contribution is -2.67. The van der Waals surface area contributed by atoms with Crippen LogP contribution in [0.1, 0.15) is 0 Å². The van der Waals surface area contributed by atoms with E-state index in [-0.39, 0.29) is 19.6 Å². The Morgan fingerprint density at radius 2 is 1.89 bits per heavy atom. The van der Waals surface area contributed by atoms with Gasteiger partial charge >= 0.3 is 24.1 Å². The second-order valence-corrected chi connectivity index (χ2v) is 4.46. The van der Waals surface area contributed by atoms with E-state index in [0.717, 1.165) is 4.90 Å². The molecule has 106 valence electrons. The lowest BCUT2D eigenvalue weighted by molar-refractivity contribution is -0.200. The summed E-state index contributed by atoms with van der Waals surface area (Å²) in [5, 5.41) is 8.54. The Labute approximate surface area is 104 Å². The fourth-order valence-corrected chi connectivity index (χ4v) is 2.11. The highest BCUT2D eigenvalue weighted by molar-refractivity contribution is 5.84. The molecule has 2 amide bonds. The number of hydrogen-bond acceptors (Lipinski definition) is 4. The Bertz CT molecular complexity index is 444. The number of ether oxygens (including phenoxy) is 1. The molecule has 0 aromatic rings. The summed E-state index contributed by atoms with van der Waals surface area (Å²) in [4.78, 5) is 34.0. The molecule has 2 aliphatic heterocycles. The number of carboxylic acids is 1. The first-order chi connectivity index (χ1) is 8.63. The summed E-state index contributed by atoms with van der Waals surface area (Å²) in [6.45, 7) is -1.49. The molecule has 0 bridgehead atoms. The lowest BCUT2D eigenvalue weighted by Gasteiger charge is -2.45. The van der Waals surface area contributed by atoms with Gasteiger partial charge in [-0.05, 0) is 0 Å². The van der Waals surface area contributed by atoms with Crippen LogP contribution in [0.25, 0.3) is 0 Å². The van der Waals surface area contributed by atoms with Crippen molar-refractivity contribution in [3.8, 4) is 0 Å². The van der Waals surface area contributed by atoms with E-state index >= 15 is 0 Å². The van der Waals surface area contributed by atoms with Crippen molar-refractivity contribution in [2.45, 2.75) is 11.8 Å². The van der Waals surface area contributed by atoms with Gasteiger partial charge in [0.05, 0.1) is 19.6 Å². The van der Waals surface area contributed by atoms with Crippen LogP contribution in [0.4, 0.5) is 18.0 Å². The van der Waals surface area contributed by atoms with Gasteiger partial charge in [-0.2, -0.15) is 13.2 Å². The van der Waals surface area contributed by atoms with Gasteiger partial charge in [0, 0.05) is 0 Å². The SMILES string of the molecule is O=C(O)CN1CC2(CN(C(=O)C(F)(F)F)C2)OC1=O. The highest BCUT2D eigenvalue weighted by Gasteiger charge is 2.58. The first-order valence-corrected chi connectivity index (χ1v) is 5.19. The molecule has 2 aliphatic rings. The minimum atomic E-state index is -4.97. The Kier molecular flexibility index (Phi) is 2.83. The van der Waals surface area contributed by atoms with E-state index < -0.39 is 36.3 Å². The normalized spacial score (nSPS) is 21.3. The summed E-state index contributed by atoms with van der Waals surface area (Å²) in [5.74, 6) is -3.25. The van der Waals surface area contributed by atoms with Gasteiger partial charge in [-0.15, -0.1) is 0 Å². The van der Waals surface area contributed by atoms with Crippen molar-refractivity contribution in [2.24, 2.45) is 0 Å². The number of aliphatic carboxylic acids is 1. The maximum absolute atomic E-state index is 12.1. The van der Waals surface area contributed by atoms with Crippen molar-refractivity contribution in [1.82, 2.24) is 9.80 Å². The van der Waals surface area contributed by atoms with E-state index in [0.29, 0.717) is 4.90 Å². The van der Waals surface area contributed by atoms with E-state index in [1.165, 1.54) is 0 Å². The number of rotatable bonds is 2. The van der Waals surface area contributed by atoms with Crippen molar-refractivity contribution in [3.05, 3.63) is 0 Å². The van der Waals surface area contributed by atoms with E-state index in [2.05, 4.69) is 0 Å². The molecule has 7 nitrogen and oxygen atoms in total. The number of nitrogens with zero attached hydrogens (tertiary/aromatic N) is 2. The van der Waals surface area contributed by atoms with E-state index in [1.54, 1.807) is 0 Å². The number of carbonyl (C=O) groups is 3. The van der Waals surface area contributed by atoms with Crippen LogP contribution in [0.15, 0.2) is 0 Å². The van der Waals surface area contributed by atoms with Crippen LogP contribution in [0.3, 0.4) is 0 Å². The topological polar surface area (TPSA) is 87.2 Å². The van der Waals surface area contributed by atoms with Crippen molar-refractivity contribution in [1.29, 1.82) is 0 Å². The highest BCUT2D eigenvalue weighted by atomic mass is 19.4. The number of alkyl halides is 3. The van der Waals surface area contributed by atoms with Gasteiger partial charge < -0.3 is 14.7 Å². The van der Waals surface area contributed by atoms with Gasteiger partial charge in [0.1, 0.15) is 6.54 Å². The van der Waals surface area contributed by atoms with Gasteiger partial charge in [-0.3, -0.25) is 14.5 Å². The average molecular weight is 282 g/mol. The summed E-state index contributed by atoms with van der Waals surface area (Å²) in [6.07, 6.45) is -5.87. The fourth-order valence-electron chi connectivity index (χ4n) is 2.11. The van der Waals surface area contributed by atoms with Gasteiger partial charge in [0.25, 0.3) is 0 Å². The summed E-state index contributed by atoms with van der Waals surface area (Å²) in [7, 11) is 0. The first kappa shape index (κ1) is 13.4. The zero-order valence-electron chi connectivity index (χ0n) is 9.44. The van der Waals surface area contributed by atoms with E-state index in [1.807, 2.05) is 0 Å². The van der Waals surface area contributed by atoms with Crippen LogP contribution in [-0.2, 0) is 14.3 Å². The molecule has 2 saturated heterocycles. The molecule has 0 aromatic heterocycles. The zero-order chi connectivity index (χ0) is 14.4. The number of carbonyl (C=O) groups excluding carboxylic acids is 2. The maximum Gasteiger partial charge on any atom is 0.471 e. The number of likely N-dealkylation sites (tertiary alicyclic amines) is 1. The molecule has 0 radical (unpaired) electrons. The maximum atomic E-state index is 12.1. The van der Waals surface area contributed by atoms with Crippen LogP contribution in [0.5, 0.6) is 0 Å². The molecule has 2 fully saturated rings. The molecule has 0 aromatic carbocycles. The summed E-state index contributed by atoms with van der Waals surface area (Å²) < 4.78 is 41.3. The standard InChI is InChI=1S/C9H9F3N2O5/c10-9(11,12)6(17)14-3-8(4-14)2-13(1-5(15)16)7(18)19-8/h1-4H2,(H,15,16). The number of halogens is 3. The Morgan fingerprint density at radius 3 is 2.37 bits per heavy atom. The molecule has 0 atom stereocenters. The fraction of sp³-hybridized carbons (Fsp3) is 0.667. The van der Waals surface area contributed by atoms with Crippen LogP contribution >= 0.6 is 0 Å². The average Bonchev–Trinajstić information content (AvgIpc) is 2.50. The molecular weight excluding hydrogens is 273 g/mol. The third-order valence-electron chi connectivity index (χ3n) is 2.85. The molecule has 19 heavy (non-hydrogen) atoms. The minimum absolute atomic E-state index is 0.139. The Hall–Kier alpha value is -2.00. The van der Waals surface area contributed by atoms with Crippen LogP contribution in [-0.4, -0.2) is 70.8 Å². The molecule has 0 saturated carbocycles. The smallest absolute Gasteiger partial charge is 0.471 e. The van der Waals surface area contributed by atoms with Gasteiger partial charge in [0.2, 0.25) is 0 Å². The highest BCUT2D eigenvalue weighted by Crippen LogP contribution is 2.34. The third-order valence-corrected chi connectivity index (χ3v) is 2.85. The predicted octanol–water partition coefficient (Wildman–Crippen LogP) is -0.334. The number of hydrogen-bond donors (Lipinski definition) is 1. The predicted molar refractivity (Wildman–Crippen MR) is 51.1 cm³/mol. The minimum Gasteiger partial charge on any atom is -0.480 e. The molecule has 2 heterocycles. The summed E-state index contributed by atoms with van der Waals surface area (Å²) in [6, 6.07) is 0. The van der Waals surface area contributed by atoms with Crippen molar-refractivity contribution >= 4 is 18.0 Å². The summed E-state index contributed by atoms with van der Waals surface area (Å²) in [5.41, 5.74) is -1.21. The van der Waals surface area contributed by atoms with Crippen molar-refractivity contribution in [2.75, 3.05) is 26.2 Å². The second-order valence-electron chi connectivity index (χ2n) is 4.46. The Morgan fingerprint density at radius 1 is 1.32 bits per heavy atom. The second kappa shape index (κ2) is 4.00. The van der Waals surface area contributed by atoms with E-state index in [4.69, 9.17) is 9.84 Å². The van der Waals surface area contributed by atoms with E-state index in [9.17, 15) is 27.6 Å². The zero-order valence-corrected chi connectivity index (χ0v) is 9.44. The van der Waals surface area contributed by atoms with Gasteiger partial charge in [-0.1, -0.05) is 0 Å². The Balaban J connectivity index is 1.95. The molecule has 1 N–H and O–H groups in total. The number of amides is 2. The monoisotopic (exact) mass is 282 g/mol. The summed E-state index contributed by atoms with van der Waals surface area (Å²) >= 11 is 0. The van der Waals surface area contributed by atoms with Crippen LogP contribution in [0, 0.1) is 0 Å². The molecule has 10 heteroatoms. The molecule has 1 spiro atoms. The lowest BCUT2D eigenvalue weighted by atomic mass is 9.94. The third kappa shape index (κ3) is 2.42. The largest absolute Gasteiger partial charge is 0.480 e. The quantitative estimate of drug-likeness (QED) is 0.749. The molecule has 0 unspecified atom stereocenters. The van der Waals surface area contributed by atoms with Crippen LogP contribution in [0.2, 0.25) is 0 Å². The van der Waals surface area contributed by atoms with Gasteiger partial charge in [0.15, 0.2) is 5.60 Å². The first-order valence-electron chi connectivity index (χ1n) is 5.19. The van der Waals surface area contributed by atoms with Crippen LogP contribution < -0.4 is 0 Å². The number of carboxylic acid groups (broad SMARTS) is 1. The molecular formula is C9H9F3N2O5. The van der Waals surface area contributed by atoms with Gasteiger partial charge in [-0.25, -0.2) is 4.79 Å². The molecule has 2 rings (SSSR count). The molecule has 0 aliphatic carbocycles. The van der Waals surface area contributed by atoms with Crippen molar-refractivity contribution < 1.29 is 37.4 Å².